The van der Waals surface area contributed by atoms with Crippen LogP contribution in [0.3, 0.4) is 0 Å². The fourth-order valence-corrected chi connectivity index (χ4v) is 3.88. The van der Waals surface area contributed by atoms with Gasteiger partial charge >= 0.3 is 6.18 Å². The highest BCUT2D eigenvalue weighted by molar-refractivity contribution is 5.77. The number of halogens is 3. The first-order valence-electron chi connectivity index (χ1n) is 8.89. The van der Waals surface area contributed by atoms with Gasteiger partial charge in [0, 0.05) is 39.7 Å². The van der Waals surface area contributed by atoms with E-state index in [4.69, 9.17) is 4.74 Å². The fraction of sp³-hybridized carbons (Fsp3) is 0.667. The average molecular weight is 371 g/mol. The van der Waals surface area contributed by atoms with Crippen LogP contribution in [0.1, 0.15) is 31.4 Å². The molecule has 26 heavy (non-hydrogen) atoms. The molecule has 1 aromatic rings. The molecule has 0 atom stereocenters. The topological polar surface area (TPSA) is 45.7 Å². The Morgan fingerprint density at radius 2 is 1.96 bits per heavy atom. The highest BCUT2D eigenvalue weighted by atomic mass is 19.4. The van der Waals surface area contributed by atoms with E-state index in [-0.39, 0.29) is 11.3 Å². The third-order valence-electron chi connectivity index (χ3n) is 5.49. The van der Waals surface area contributed by atoms with Crippen LogP contribution in [-0.4, -0.2) is 55.7 Å². The van der Waals surface area contributed by atoms with Crippen LogP contribution < -0.4 is 4.90 Å². The Hall–Kier alpha value is -1.83. The van der Waals surface area contributed by atoms with Gasteiger partial charge in [0.05, 0.1) is 6.61 Å². The van der Waals surface area contributed by atoms with Crippen molar-refractivity contribution in [3.8, 4) is 0 Å². The average Bonchev–Trinajstić information content (AvgIpc) is 2.63. The third-order valence-corrected chi connectivity index (χ3v) is 5.49. The number of rotatable bonds is 4. The van der Waals surface area contributed by atoms with E-state index in [2.05, 4.69) is 4.98 Å². The lowest BCUT2D eigenvalue weighted by molar-refractivity contribution is -0.141. The molecular weight excluding hydrogens is 347 g/mol. The van der Waals surface area contributed by atoms with Crippen molar-refractivity contribution in [1.82, 2.24) is 9.88 Å². The Labute approximate surface area is 151 Å². The first-order valence-corrected chi connectivity index (χ1v) is 8.89. The minimum atomic E-state index is -4.43. The number of alkyl halides is 3. The zero-order chi connectivity index (χ0) is 18.8. The molecule has 2 fully saturated rings. The van der Waals surface area contributed by atoms with E-state index < -0.39 is 11.9 Å². The minimum absolute atomic E-state index is 0.0553. The van der Waals surface area contributed by atoms with E-state index in [0.29, 0.717) is 45.0 Å². The summed E-state index contributed by atoms with van der Waals surface area (Å²) in [6, 6.07) is 4.03. The molecule has 1 spiro atoms. The van der Waals surface area contributed by atoms with Crippen molar-refractivity contribution in [1.29, 1.82) is 0 Å². The minimum Gasteiger partial charge on any atom is -0.383 e. The van der Waals surface area contributed by atoms with Gasteiger partial charge in [0.1, 0.15) is 11.5 Å². The number of anilines is 1. The second-order valence-electron chi connectivity index (χ2n) is 7.17. The molecule has 1 amide bonds. The molecular formula is C18H24F3N3O2. The SMILES string of the molecule is COCCN1CC2(CCC1=O)CCN(c1cccc(C(F)(F)F)n1)CC2. The van der Waals surface area contributed by atoms with Crippen LogP contribution in [0.5, 0.6) is 0 Å². The normalized spacial score (nSPS) is 20.7. The van der Waals surface area contributed by atoms with Gasteiger partial charge in [-0.15, -0.1) is 0 Å². The first kappa shape index (κ1) is 18.9. The standard InChI is InChI=1S/C18H24F3N3O2/c1-26-12-11-24-13-17(6-5-16(24)25)7-9-23(10-8-17)15-4-2-3-14(22-15)18(19,20)21/h2-4H,5-13H2,1H3. The van der Waals surface area contributed by atoms with Gasteiger partial charge in [-0.3, -0.25) is 4.79 Å². The molecule has 0 radical (unpaired) electrons. The Morgan fingerprint density at radius 1 is 1.23 bits per heavy atom. The number of carbonyl (C=O) groups is 1. The fourth-order valence-electron chi connectivity index (χ4n) is 3.88. The monoisotopic (exact) mass is 371 g/mol. The highest BCUT2D eigenvalue weighted by Gasteiger charge is 2.41. The van der Waals surface area contributed by atoms with E-state index in [1.54, 1.807) is 13.2 Å². The summed E-state index contributed by atoms with van der Waals surface area (Å²) < 4.78 is 43.7. The van der Waals surface area contributed by atoms with Crippen molar-refractivity contribution in [2.75, 3.05) is 44.8 Å². The number of hydrogen-bond acceptors (Lipinski definition) is 4. The molecule has 2 aliphatic rings. The van der Waals surface area contributed by atoms with Crippen LogP contribution in [0.4, 0.5) is 19.0 Å². The van der Waals surface area contributed by atoms with Gasteiger partial charge < -0.3 is 14.5 Å². The molecule has 0 aromatic carbocycles. The molecule has 2 saturated heterocycles. The molecule has 144 valence electrons. The van der Waals surface area contributed by atoms with E-state index in [1.165, 1.54) is 6.07 Å². The van der Waals surface area contributed by atoms with Crippen LogP contribution in [-0.2, 0) is 15.7 Å². The molecule has 3 rings (SSSR count). The van der Waals surface area contributed by atoms with Crippen LogP contribution in [0, 0.1) is 5.41 Å². The molecule has 2 aliphatic heterocycles. The Kier molecular flexibility index (Phi) is 5.41. The van der Waals surface area contributed by atoms with Crippen molar-refractivity contribution < 1.29 is 22.7 Å². The van der Waals surface area contributed by atoms with Crippen molar-refractivity contribution >= 4 is 11.7 Å². The lowest BCUT2D eigenvalue weighted by atomic mass is 9.72. The summed E-state index contributed by atoms with van der Waals surface area (Å²) in [6.07, 6.45) is -1.35. The van der Waals surface area contributed by atoms with Crippen molar-refractivity contribution in [2.45, 2.75) is 31.9 Å². The lowest BCUT2D eigenvalue weighted by Crippen LogP contribution is -2.52. The predicted octanol–water partition coefficient (Wildman–Crippen LogP) is 2.96. The number of amides is 1. The molecule has 1 aromatic heterocycles. The molecule has 3 heterocycles. The maximum absolute atomic E-state index is 12.9. The summed E-state index contributed by atoms with van der Waals surface area (Å²) in [7, 11) is 1.62. The second-order valence-corrected chi connectivity index (χ2v) is 7.17. The zero-order valence-electron chi connectivity index (χ0n) is 14.9. The van der Waals surface area contributed by atoms with Crippen LogP contribution in [0.15, 0.2) is 18.2 Å². The Bertz CT molecular complexity index is 643. The van der Waals surface area contributed by atoms with E-state index in [1.807, 2.05) is 9.80 Å². The molecule has 8 heteroatoms. The number of piperidine rings is 2. The number of nitrogens with zero attached hydrogens (tertiary/aromatic N) is 3. The maximum atomic E-state index is 12.9. The number of hydrogen-bond donors (Lipinski definition) is 0. The van der Waals surface area contributed by atoms with Crippen LogP contribution in [0.2, 0.25) is 0 Å². The number of pyridine rings is 1. The second kappa shape index (κ2) is 7.42. The largest absolute Gasteiger partial charge is 0.433 e. The molecule has 5 nitrogen and oxygen atoms in total. The van der Waals surface area contributed by atoms with Gasteiger partial charge in [0.2, 0.25) is 5.91 Å². The Morgan fingerprint density at radius 3 is 2.62 bits per heavy atom. The van der Waals surface area contributed by atoms with E-state index in [9.17, 15) is 18.0 Å². The van der Waals surface area contributed by atoms with E-state index in [0.717, 1.165) is 25.3 Å². The van der Waals surface area contributed by atoms with Gasteiger partial charge in [0.25, 0.3) is 0 Å². The summed E-state index contributed by atoms with van der Waals surface area (Å²) in [5, 5.41) is 0. The van der Waals surface area contributed by atoms with Gasteiger partial charge in [-0.2, -0.15) is 13.2 Å². The van der Waals surface area contributed by atoms with Gasteiger partial charge in [-0.25, -0.2) is 4.98 Å². The van der Waals surface area contributed by atoms with Crippen molar-refractivity contribution in [3.05, 3.63) is 23.9 Å². The zero-order valence-corrected chi connectivity index (χ0v) is 14.9. The number of methoxy groups -OCH3 is 1. The summed E-state index contributed by atoms with van der Waals surface area (Å²) in [5.74, 6) is 0.535. The van der Waals surface area contributed by atoms with Gasteiger partial charge in [0.15, 0.2) is 0 Å². The van der Waals surface area contributed by atoms with Crippen LogP contribution in [0.25, 0.3) is 0 Å². The van der Waals surface area contributed by atoms with E-state index >= 15 is 0 Å². The first-order chi connectivity index (χ1) is 12.3. The van der Waals surface area contributed by atoms with Crippen molar-refractivity contribution in [3.63, 3.8) is 0 Å². The molecule has 0 saturated carbocycles. The predicted molar refractivity (Wildman–Crippen MR) is 90.8 cm³/mol. The summed E-state index contributed by atoms with van der Waals surface area (Å²) in [6.45, 7) is 3.12. The summed E-state index contributed by atoms with van der Waals surface area (Å²) >= 11 is 0. The lowest BCUT2D eigenvalue weighted by Gasteiger charge is -2.47. The van der Waals surface area contributed by atoms with Crippen molar-refractivity contribution in [2.24, 2.45) is 5.41 Å². The van der Waals surface area contributed by atoms with Gasteiger partial charge in [-0.05, 0) is 36.8 Å². The number of aromatic nitrogens is 1. The number of ether oxygens (including phenoxy) is 1. The van der Waals surface area contributed by atoms with Gasteiger partial charge in [-0.1, -0.05) is 6.07 Å². The molecule has 0 N–H and O–H groups in total. The highest BCUT2D eigenvalue weighted by Crippen LogP contribution is 2.41. The summed E-state index contributed by atoms with van der Waals surface area (Å²) in [4.78, 5) is 19.7. The quantitative estimate of drug-likeness (QED) is 0.816. The maximum Gasteiger partial charge on any atom is 0.433 e. The Balaban J connectivity index is 1.64. The number of likely N-dealkylation sites (tertiary alicyclic amines) is 1. The third kappa shape index (κ3) is 4.11. The molecule has 0 bridgehead atoms. The smallest absolute Gasteiger partial charge is 0.383 e. The molecule has 0 unspecified atom stereocenters. The van der Waals surface area contributed by atoms with Crippen LogP contribution >= 0.6 is 0 Å². The molecule has 0 aliphatic carbocycles. The summed E-state index contributed by atoms with van der Waals surface area (Å²) in [5.41, 5.74) is -0.802. The number of carbonyl (C=O) groups excluding carboxylic acids is 1.